The molecule has 1 atom stereocenters. The molecule has 2 N–H and O–H groups in total. The summed E-state index contributed by atoms with van der Waals surface area (Å²) in [7, 11) is 0. The third kappa shape index (κ3) is 2.96. The zero-order valence-electron chi connectivity index (χ0n) is 11.4. The van der Waals surface area contributed by atoms with E-state index in [0.29, 0.717) is 17.7 Å². The van der Waals surface area contributed by atoms with E-state index in [2.05, 4.69) is 10.6 Å². The van der Waals surface area contributed by atoms with Crippen molar-refractivity contribution in [3.8, 4) is 0 Å². The summed E-state index contributed by atoms with van der Waals surface area (Å²) in [6.07, 6.45) is 0.330. The van der Waals surface area contributed by atoms with E-state index in [1.165, 1.54) is 0 Å². The number of carbonyl (C=O) groups excluding carboxylic acids is 3. The first-order chi connectivity index (χ1) is 9.51. The van der Waals surface area contributed by atoms with E-state index in [1.807, 2.05) is 0 Å². The van der Waals surface area contributed by atoms with E-state index >= 15 is 0 Å². The Morgan fingerprint density at radius 1 is 1.45 bits per heavy atom. The largest absolute Gasteiger partial charge is 0.464 e. The van der Waals surface area contributed by atoms with E-state index in [-0.39, 0.29) is 18.4 Å². The molecule has 1 aromatic carbocycles. The molecule has 0 saturated carbocycles. The van der Waals surface area contributed by atoms with Crippen molar-refractivity contribution in [3.63, 3.8) is 0 Å². The van der Waals surface area contributed by atoms with Crippen molar-refractivity contribution in [3.05, 3.63) is 29.3 Å². The average Bonchev–Trinajstić information content (AvgIpc) is 2.77. The number of amides is 2. The third-order valence-electron chi connectivity index (χ3n) is 2.98. The first kappa shape index (κ1) is 14.0. The number of hydrogen-bond acceptors (Lipinski definition) is 4. The van der Waals surface area contributed by atoms with Crippen LogP contribution in [-0.2, 0) is 20.7 Å². The van der Waals surface area contributed by atoms with Gasteiger partial charge in [-0.25, -0.2) is 4.79 Å². The summed E-state index contributed by atoms with van der Waals surface area (Å²) < 4.78 is 4.82. The molecule has 6 heteroatoms. The zero-order chi connectivity index (χ0) is 14.7. The van der Waals surface area contributed by atoms with E-state index in [9.17, 15) is 14.4 Å². The topological polar surface area (TPSA) is 84.5 Å². The predicted molar refractivity (Wildman–Crippen MR) is 72.3 cm³/mol. The highest BCUT2D eigenvalue weighted by atomic mass is 16.5. The summed E-state index contributed by atoms with van der Waals surface area (Å²) in [5.74, 6) is -0.942. The van der Waals surface area contributed by atoms with Gasteiger partial charge in [-0.1, -0.05) is 6.07 Å². The Bertz CT molecular complexity index is 568. The second-order valence-electron chi connectivity index (χ2n) is 4.54. The summed E-state index contributed by atoms with van der Waals surface area (Å²) in [5.41, 5.74) is 1.90. The molecule has 1 unspecified atom stereocenters. The van der Waals surface area contributed by atoms with Crippen molar-refractivity contribution >= 4 is 23.5 Å². The normalized spacial score (nSPS) is 14.2. The smallest absolute Gasteiger partial charge is 0.328 e. The molecule has 1 aliphatic rings. The monoisotopic (exact) mass is 276 g/mol. The first-order valence-electron chi connectivity index (χ1n) is 6.41. The van der Waals surface area contributed by atoms with E-state index < -0.39 is 12.0 Å². The van der Waals surface area contributed by atoms with Crippen LogP contribution in [0, 0.1) is 0 Å². The minimum absolute atomic E-state index is 0.0857. The lowest BCUT2D eigenvalue weighted by atomic mass is 10.1. The van der Waals surface area contributed by atoms with Crippen molar-refractivity contribution in [1.82, 2.24) is 5.32 Å². The predicted octanol–water partition coefficient (Wildman–Crippen LogP) is 0.863. The van der Waals surface area contributed by atoms with Gasteiger partial charge in [0.2, 0.25) is 5.91 Å². The van der Waals surface area contributed by atoms with Gasteiger partial charge in [-0.3, -0.25) is 9.59 Å². The molecular weight excluding hydrogens is 260 g/mol. The Hall–Kier alpha value is -2.37. The number of benzene rings is 1. The Morgan fingerprint density at radius 3 is 2.90 bits per heavy atom. The van der Waals surface area contributed by atoms with Crippen molar-refractivity contribution in [2.24, 2.45) is 0 Å². The molecule has 20 heavy (non-hydrogen) atoms. The average molecular weight is 276 g/mol. The molecule has 0 bridgehead atoms. The molecule has 0 saturated heterocycles. The van der Waals surface area contributed by atoms with Gasteiger partial charge in [0.15, 0.2) is 0 Å². The van der Waals surface area contributed by atoms with Gasteiger partial charge in [0.25, 0.3) is 5.91 Å². The summed E-state index contributed by atoms with van der Waals surface area (Å²) in [5, 5.41) is 5.24. The van der Waals surface area contributed by atoms with E-state index in [0.717, 1.165) is 5.56 Å². The zero-order valence-corrected chi connectivity index (χ0v) is 11.4. The van der Waals surface area contributed by atoms with Gasteiger partial charge in [0.1, 0.15) is 6.04 Å². The summed E-state index contributed by atoms with van der Waals surface area (Å²) in [6.45, 7) is 3.53. The maximum atomic E-state index is 12.0. The van der Waals surface area contributed by atoms with Crippen LogP contribution in [0.4, 0.5) is 5.69 Å². The number of fused-ring (bicyclic) bond motifs is 1. The van der Waals surface area contributed by atoms with E-state index in [1.54, 1.807) is 32.0 Å². The highest BCUT2D eigenvalue weighted by Gasteiger charge is 2.21. The summed E-state index contributed by atoms with van der Waals surface area (Å²) in [4.78, 5) is 34.7. The lowest BCUT2D eigenvalue weighted by molar-refractivity contribution is -0.144. The molecule has 0 radical (unpaired) electrons. The molecule has 1 aromatic rings. The molecule has 1 heterocycles. The lowest BCUT2D eigenvalue weighted by Crippen LogP contribution is -2.39. The lowest BCUT2D eigenvalue weighted by Gasteiger charge is -2.13. The minimum atomic E-state index is -0.717. The number of hydrogen-bond donors (Lipinski definition) is 2. The number of carbonyl (C=O) groups is 3. The van der Waals surface area contributed by atoms with Crippen molar-refractivity contribution in [2.75, 3.05) is 11.9 Å². The highest BCUT2D eigenvalue weighted by Crippen LogP contribution is 2.23. The number of rotatable bonds is 4. The standard InChI is InChI=1S/C14H16N2O4/c1-3-20-14(19)8(2)15-13(18)10-5-4-9-7-12(17)16-11(9)6-10/h4-6,8H,3,7H2,1-2H3,(H,15,18)(H,16,17). The Morgan fingerprint density at radius 2 is 2.20 bits per heavy atom. The molecule has 106 valence electrons. The molecule has 1 aliphatic heterocycles. The maximum Gasteiger partial charge on any atom is 0.328 e. The molecule has 2 amide bonds. The van der Waals surface area contributed by atoms with Crippen LogP contribution in [0.1, 0.15) is 29.8 Å². The summed E-state index contributed by atoms with van der Waals surface area (Å²) in [6, 6.07) is 4.25. The Balaban J connectivity index is 2.05. The van der Waals surface area contributed by atoms with Crippen LogP contribution in [0.3, 0.4) is 0 Å². The van der Waals surface area contributed by atoms with Crippen LogP contribution >= 0.6 is 0 Å². The van der Waals surface area contributed by atoms with Crippen LogP contribution in [0.2, 0.25) is 0 Å². The Kier molecular flexibility index (Phi) is 4.02. The van der Waals surface area contributed by atoms with Crippen molar-refractivity contribution < 1.29 is 19.1 Å². The number of esters is 1. The second-order valence-corrected chi connectivity index (χ2v) is 4.54. The van der Waals surface area contributed by atoms with Gasteiger partial charge in [-0.05, 0) is 31.5 Å². The molecule has 0 aliphatic carbocycles. The van der Waals surface area contributed by atoms with Crippen molar-refractivity contribution in [2.45, 2.75) is 26.3 Å². The SMILES string of the molecule is CCOC(=O)C(C)NC(=O)c1ccc2c(c1)NC(=O)C2. The van der Waals surface area contributed by atoms with E-state index in [4.69, 9.17) is 4.74 Å². The van der Waals surface area contributed by atoms with Gasteiger partial charge in [0, 0.05) is 11.3 Å². The Labute approximate surface area is 116 Å². The minimum Gasteiger partial charge on any atom is -0.464 e. The molecule has 0 aromatic heterocycles. The second kappa shape index (κ2) is 5.73. The first-order valence-corrected chi connectivity index (χ1v) is 6.41. The van der Waals surface area contributed by atoms with Crippen LogP contribution in [0.15, 0.2) is 18.2 Å². The highest BCUT2D eigenvalue weighted by molar-refractivity contribution is 6.02. The molecule has 0 spiro atoms. The van der Waals surface area contributed by atoms with Crippen LogP contribution in [-0.4, -0.2) is 30.4 Å². The maximum absolute atomic E-state index is 12.0. The fraction of sp³-hybridized carbons (Fsp3) is 0.357. The van der Waals surface area contributed by atoms with Gasteiger partial charge < -0.3 is 15.4 Å². The fourth-order valence-corrected chi connectivity index (χ4v) is 1.96. The van der Waals surface area contributed by atoms with Gasteiger partial charge >= 0.3 is 5.97 Å². The van der Waals surface area contributed by atoms with Crippen molar-refractivity contribution in [1.29, 1.82) is 0 Å². The molecular formula is C14H16N2O4. The summed E-state index contributed by atoms with van der Waals surface area (Å²) >= 11 is 0. The third-order valence-corrected chi connectivity index (χ3v) is 2.98. The van der Waals surface area contributed by atoms with Gasteiger partial charge in [-0.2, -0.15) is 0 Å². The molecule has 0 fully saturated rings. The molecule has 2 rings (SSSR count). The quantitative estimate of drug-likeness (QED) is 0.799. The van der Waals surface area contributed by atoms with Crippen LogP contribution < -0.4 is 10.6 Å². The number of ether oxygens (including phenoxy) is 1. The van der Waals surface area contributed by atoms with Crippen LogP contribution in [0.5, 0.6) is 0 Å². The number of anilines is 1. The van der Waals surface area contributed by atoms with Gasteiger partial charge in [0.05, 0.1) is 13.0 Å². The molecule has 6 nitrogen and oxygen atoms in total. The van der Waals surface area contributed by atoms with Gasteiger partial charge in [-0.15, -0.1) is 0 Å². The van der Waals surface area contributed by atoms with Crippen LogP contribution in [0.25, 0.3) is 0 Å². The fourth-order valence-electron chi connectivity index (χ4n) is 1.96. The number of nitrogens with one attached hydrogen (secondary N) is 2.